The Labute approximate surface area is 108 Å². The first kappa shape index (κ1) is 16.4. The highest BCUT2D eigenvalue weighted by Gasteiger charge is 2.00. The van der Waals surface area contributed by atoms with Gasteiger partial charge in [-0.2, -0.15) is 0 Å². The molecule has 0 aromatic rings. The second kappa shape index (κ2) is 10.6. The van der Waals surface area contributed by atoms with Crippen LogP contribution in [0.4, 0.5) is 0 Å². The molecule has 0 amide bonds. The fourth-order valence-corrected chi connectivity index (χ4v) is 1.64. The average Bonchev–Trinajstić information content (AvgIpc) is 2.31. The summed E-state index contributed by atoms with van der Waals surface area (Å²) in [5.41, 5.74) is 0.261. The summed E-state index contributed by atoms with van der Waals surface area (Å²) in [7, 11) is 0. The van der Waals surface area contributed by atoms with E-state index < -0.39 is 11.9 Å². The molecule has 0 aliphatic heterocycles. The van der Waals surface area contributed by atoms with Crippen molar-refractivity contribution in [3.05, 3.63) is 24.3 Å². The maximum atomic E-state index is 10.6. The molecular weight excluding hydrogens is 232 g/mol. The van der Waals surface area contributed by atoms with Crippen LogP contribution in [-0.2, 0) is 9.59 Å². The molecule has 0 unspecified atom stereocenters. The van der Waals surface area contributed by atoms with Crippen LogP contribution in [0.25, 0.3) is 0 Å². The van der Waals surface area contributed by atoms with E-state index in [9.17, 15) is 9.59 Å². The van der Waals surface area contributed by atoms with Crippen LogP contribution in [0.2, 0.25) is 0 Å². The first-order valence-corrected chi connectivity index (χ1v) is 6.35. The molecular formula is C14H22O4. The van der Waals surface area contributed by atoms with Crippen LogP contribution in [0.3, 0.4) is 0 Å². The Balaban J connectivity index is 3.43. The van der Waals surface area contributed by atoms with Gasteiger partial charge in [0.05, 0.1) is 5.57 Å². The van der Waals surface area contributed by atoms with Crippen LogP contribution < -0.4 is 0 Å². The fraction of sp³-hybridized carbons (Fsp3) is 0.571. The van der Waals surface area contributed by atoms with Crippen molar-refractivity contribution in [3.8, 4) is 0 Å². The summed E-state index contributed by atoms with van der Waals surface area (Å²) in [6.45, 7) is 3.45. The van der Waals surface area contributed by atoms with Gasteiger partial charge in [-0.3, -0.25) is 4.79 Å². The molecule has 0 aromatic carbocycles. The van der Waals surface area contributed by atoms with Crippen LogP contribution in [0, 0.1) is 0 Å². The molecule has 0 aliphatic carbocycles. The van der Waals surface area contributed by atoms with Crippen molar-refractivity contribution in [2.24, 2.45) is 0 Å². The smallest absolute Gasteiger partial charge is 0.335 e. The highest BCUT2D eigenvalue weighted by Crippen LogP contribution is 2.10. The summed E-state index contributed by atoms with van der Waals surface area (Å²) in [4.78, 5) is 20.9. The van der Waals surface area contributed by atoms with Crippen LogP contribution in [-0.4, -0.2) is 22.2 Å². The Morgan fingerprint density at radius 3 is 2.00 bits per heavy atom. The van der Waals surface area contributed by atoms with Crippen molar-refractivity contribution in [2.45, 2.75) is 51.4 Å². The molecule has 0 spiro atoms. The lowest BCUT2D eigenvalue weighted by Gasteiger charge is -2.00. The molecule has 0 rings (SSSR count). The number of allylic oxidation sites excluding steroid dienone is 1. The minimum absolute atomic E-state index is 0.254. The van der Waals surface area contributed by atoms with Crippen molar-refractivity contribution in [3.63, 3.8) is 0 Å². The molecule has 0 saturated carbocycles. The van der Waals surface area contributed by atoms with Gasteiger partial charge in [-0.05, 0) is 19.3 Å². The maximum absolute atomic E-state index is 10.6. The van der Waals surface area contributed by atoms with E-state index in [4.69, 9.17) is 10.2 Å². The van der Waals surface area contributed by atoms with Gasteiger partial charge in [-0.1, -0.05) is 44.4 Å². The Morgan fingerprint density at radius 1 is 0.944 bits per heavy atom. The Kier molecular flexibility index (Phi) is 9.64. The number of aliphatic carboxylic acids is 2. The van der Waals surface area contributed by atoms with Gasteiger partial charge in [-0.25, -0.2) is 4.79 Å². The van der Waals surface area contributed by atoms with Crippen molar-refractivity contribution >= 4 is 11.9 Å². The molecule has 0 aromatic heterocycles. The van der Waals surface area contributed by atoms with E-state index in [1.54, 1.807) is 6.08 Å². The summed E-state index contributed by atoms with van der Waals surface area (Å²) in [5.74, 6) is -1.66. The van der Waals surface area contributed by atoms with Crippen LogP contribution in [0.5, 0.6) is 0 Å². The topological polar surface area (TPSA) is 74.6 Å². The monoisotopic (exact) mass is 254 g/mol. The molecule has 0 fully saturated rings. The quantitative estimate of drug-likeness (QED) is 0.337. The van der Waals surface area contributed by atoms with E-state index in [0.29, 0.717) is 0 Å². The molecule has 18 heavy (non-hydrogen) atoms. The molecule has 0 aliphatic rings. The third-order valence-corrected chi connectivity index (χ3v) is 2.68. The zero-order valence-electron chi connectivity index (χ0n) is 10.7. The molecule has 4 nitrogen and oxygen atoms in total. The van der Waals surface area contributed by atoms with Crippen molar-refractivity contribution in [2.75, 3.05) is 0 Å². The van der Waals surface area contributed by atoms with E-state index >= 15 is 0 Å². The lowest BCUT2D eigenvalue weighted by Crippen LogP contribution is -1.96. The normalized spacial score (nSPS) is 11.2. The number of carboxylic acid groups (broad SMARTS) is 2. The SMILES string of the molecule is C=CC(=CCCCCCCCCC(=O)O)C(=O)O. The Morgan fingerprint density at radius 2 is 1.50 bits per heavy atom. The third kappa shape index (κ3) is 9.63. The number of rotatable bonds is 11. The first-order valence-electron chi connectivity index (χ1n) is 6.35. The lowest BCUT2D eigenvalue weighted by molar-refractivity contribution is -0.137. The fourth-order valence-electron chi connectivity index (χ4n) is 1.64. The predicted molar refractivity (Wildman–Crippen MR) is 70.5 cm³/mol. The van der Waals surface area contributed by atoms with E-state index in [1.807, 2.05) is 0 Å². The van der Waals surface area contributed by atoms with Crippen molar-refractivity contribution < 1.29 is 19.8 Å². The van der Waals surface area contributed by atoms with Gasteiger partial charge in [0.15, 0.2) is 0 Å². The summed E-state index contributed by atoms with van der Waals surface area (Å²) in [6.07, 6.45) is 9.89. The Bertz CT molecular complexity index is 305. The van der Waals surface area contributed by atoms with Gasteiger partial charge < -0.3 is 10.2 Å². The van der Waals surface area contributed by atoms with Crippen LogP contribution >= 0.6 is 0 Å². The van der Waals surface area contributed by atoms with Crippen LogP contribution in [0.15, 0.2) is 24.3 Å². The first-order chi connectivity index (χ1) is 8.57. The summed E-state index contributed by atoms with van der Waals surface area (Å²) >= 11 is 0. The van der Waals surface area contributed by atoms with Gasteiger partial charge in [0.25, 0.3) is 0 Å². The van der Waals surface area contributed by atoms with E-state index in [0.717, 1.165) is 44.9 Å². The van der Waals surface area contributed by atoms with Gasteiger partial charge >= 0.3 is 11.9 Å². The predicted octanol–water partition coefficient (Wildman–Crippen LogP) is 3.39. The number of hydrogen-bond donors (Lipinski definition) is 2. The molecule has 102 valence electrons. The summed E-state index contributed by atoms with van der Waals surface area (Å²) in [5, 5.41) is 17.2. The largest absolute Gasteiger partial charge is 0.481 e. The molecule has 0 atom stereocenters. The average molecular weight is 254 g/mol. The van der Waals surface area contributed by atoms with E-state index in [1.165, 1.54) is 6.08 Å². The lowest BCUT2D eigenvalue weighted by atomic mass is 10.1. The Hall–Kier alpha value is -1.58. The molecule has 0 saturated heterocycles. The zero-order valence-corrected chi connectivity index (χ0v) is 10.7. The summed E-state index contributed by atoms with van der Waals surface area (Å²) in [6, 6.07) is 0. The number of unbranched alkanes of at least 4 members (excludes halogenated alkanes) is 6. The zero-order chi connectivity index (χ0) is 13.8. The molecule has 4 heteroatoms. The highest BCUT2D eigenvalue weighted by molar-refractivity contribution is 5.89. The second-order valence-electron chi connectivity index (χ2n) is 4.22. The van der Waals surface area contributed by atoms with Gasteiger partial charge in [0.1, 0.15) is 0 Å². The van der Waals surface area contributed by atoms with E-state index in [-0.39, 0.29) is 12.0 Å². The maximum Gasteiger partial charge on any atom is 0.335 e. The number of hydrogen-bond acceptors (Lipinski definition) is 2. The summed E-state index contributed by atoms with van der Waals surface area (Å²) < 4.78 is 0. The van der Waals surface area contributed by atoms with Gasteiger partial charge in [-0.15, -0.1) is 0 Å². The molecule has 2 N–H and O–H groups in total. The minimum Gasteiger partial charge on any atom is -0.481 e. The van der Waals surface area contributed by atoms with Gasteiger partial charge in [0.2, 0.25) is 0 Å². The van der Waals surface area contributed by atoms with Crippen LogP contribution in [0.1, 0.15) is 51.4 Å². The molecule has 0 bridgehead atoms. The van der Waals surface area contributed by atoms with Crippen molar-refractivity contribution in [1.82, 2.24) is 0 Å². The molecule has 0 heterocycles. The van der Waals surface area contributed by atoms with Crippen molar-refractivity contribution in [1.29, 1.82) is 0 Å². The highest BCUT2D eigenvalue weighted by atomic mass is 16.4. The van der Waals surface area contributed by atoms with E-state index in [2.05, 4.69) is 6.58 Å². The second-order valence-corrected chi connectivity index (χ2v) is 4.22. The number of carbonyl (C=O) groups is 2. The van der Waals surface area contributed by atoms with Gasteiger partial charge in [0, 0.05) is 6.42 Å². The minimum atomic E-state index is -0.932. The third-order valence-electron chi connectivity index (χ3n) is 2.68. The molecule has 0 radical (unpaired) electrons. The number of carboxylic acids is 2. The standard InChI is InChI=1S/C14H22O4/c1-2-12(14(17)18)10-8-6-4-3-5-7-9-11-13(15)16/h2,10H,1,3-9,11H2,(H,15,16)(H,17,18).